The number of benzene rings is 7. The maximum absolute atomic E-state index is 12.0. The molecule has 244 valence electrons. The Bertz CT molecular complexity index is 2670. The molecule has 7 aromatic carbocycles. The number of rotatable bonds is 4. The van der Waals surface area contributed by atoms with Gasteiger partial charge in [-0.25, -0.2) is 29.1 Å². The zero-order chi connectivity index (χ0) is 35.1. The van der Waals surface area contributed by atoms with Crippen molar-refractivity contribution in [2.75, 3.05) is 0 Å². The summed E-state index contributed by atoms with van der Waals surface area (Å²) < 4.78 is 0. The standard InChI is InChI=1S/C24H12O8.2C7H6N2/c25-21(26)10-6-9-2-1-3-11-17(9)14(7-10)15-8-16(23(29)30)20(24(31)32)12-4-5-13(22(27)28)18(11)19(12)15;2*1-2-4-7-6(3-1)8-5-9-7/h1-8H,(H,25,26)(H,27,28)(H,29,30)(H,31,32);2*1-5H,(H,8,9). The second-order valence-corrected chi connectivity index (χ2v) is 11.2. The van der Waals surface area contributed by atoms with Crippen LogP contribution in [0.15, 0.2) is 110 Å². The second-order valence-electron chi connectivity index (χ2n) is 11.2. The summed E-state index contributed by atoms with van der Waals surface area (Å²) in [6, 6.07) is 27.5. The van der Waals surface area contributed by atoms with E-state index in [9.17, 15) is 39.6 Å². The number of nitrogens with zero attached hydrogens (tertiary/aromatic N) is 2. The van der Waals surface area contributed by atoms with Crippen molar-refractivity contribution in [3.05, 3.63) is 132 Å². The number of carbonyl (C=O) groups is 4. The molecule has 0 amide bonds. The van der Waals surface area contributed by atoms with Crippen molar-refractivity contribution in [3.8, 4) is 0 Å². The van der Waals surface area contributed by atoms with E-state index in [1.54, 1.807) is 30.9 Å². The molecule has 6 N–H and O–H groups in total. The Morgan fingerprint density at radius 1 is 0.480 bits per heavy atom. The quantitative estimate of drug-likeness (QED) is 0.0800. The highest BCUT2D eigenvalue weighted by Gasteiger charge is 2.26. The highest BCUT2D eigenvalue weighted by molar-refractivity contribution is 6.38. The van der Waals surface area contributed by atoms with Crippen LogP contribution >= 0.6 is 0 Å². The molecule has 2 heterocycles. The number of hydrogen-bond acceptors (Lipinski definition) is 6. The largest absolute Gasteiger partial charge is 0.478 e. The summed E-state index contributed by atoms with van der Waals surface area (Å²) in [5.41, 5.74) is 3.21. The van der Waals surface area contributed by atoms with Crippen LogP contribution in [-0.2, 0) is 0 Å². The Kier molecular flexibility index (Phi) is 7.73. The fourth-order valence-corrected chi connectivity index (χ4v) is 6.33. The maximum atomic E-state index is 12.0. The summed E-state index contributed by atoms with van der Waals surface area (Å²) in [6.45, 7) is 0. The summed E-state index contributed by atoms with van der Waals surface area (Å²) in [4.78, 5) is 61.8. The summed E-state index contributed by atoms with van der Waals surface area (Å²) in [6.07, 6.45) is 3.40. The van der Waals surface area contributed by atoms with E-state index in [1.807, 2.05) is 48.5 Å². The average molecular weight is 665 g/mol. The van der Waals surface area contributed by atoms with Gasteiger partial charge in [0.25, 0.3) is 0 Å². The molecule has 9 rings (SSSR count). The number of aromatic amines is 2. The van der Waals surface area contributed by atoms with E-state index < -0.39 is 35.0 Å². The van der Waals surface area contributed by atoms with Gasteiger partial charge in [0.1, 0.15) is 0 Å². The lowest BCUT2D eigenvalue weighted by Gasteiger charge is -2.18. The number of carboxylic acids is 4. The van der Waals surface area contributed by atoms with Crippen molar-refractivity contribution in [2.45, 2.75) is 0 Å². The lowest BCUT2D eigenvalue weighted by atomic mass is 9.84. The summed E-state index contributed by atoms with van der Waals surface area (Å²) in [5, 5.41) is 41.7. The monoisotopic (exact) mass is 664 g/mol. The zero-order valence-corrected chi connectivity index (χ0v) is 25.7. The number of imidazole rings is 2. The molecule has 0 aliphatic heterocycles. The van der Waals surface area contributed by atoms with Crippen LogP contribution in [-0.4, -0.2) is 64.2 Å². The first kappa shape index (κ1) is 31.3. The van der Waals surface area contributed by atoms with Crippen LogP contribution in [0.1, 0.15) is 41.4 Å². The fourth-order valence-electron chi connectivity index (χ4n) is 6.33. The topological polar surface area (TPSA) is 207 Å². The van der Waals surface area contributed by atoms with Crippen molar-refractivity contribution in [3.63, 3.8) is 0 Å². The van der Waals surface area contributed by atoms with E-state index in [0.29, 0.717) is 21.5 Å². The summed E-state index contributed by atoms with van der Waals surface area (Å²) in [7, 11) is 0. The van der Waals surface area contributed by atoms with Crippen LogP contribution in [0, 0.1) is 0 Å². The lowest BCUT2D eigenvalue weighted by Crippen LogP contribution is -2.10. The molecule has 0 saturated carbocycles. The molecule has 0 radical (unpaired) electrons. The van der Waals surface area contributed by atoms with Crippen LogP contribution in [0.5, 0.6) is 0 Å². The number of aromatic nitrogens is 4. The Morgan fingerprint density at radius 3 is 1.64 bits per heavy atom. The molecule has 0 aliphatic carbocycles. The van der Waals surface area contributed by atoms with Gasteiger partial charge in [-0.05, 0) is 86.2 Å². The summed E-state index contributed by atoms with van der Waals surface area (Å²) in [5.74, 6) is -5.34. The van der Waals surface area contributed by atoms with Crippen molar-refractivity contribution >= 4 is 89.0 Å². The Balaban J connectivity index is 0.000000174. The first-order valence-electron chi connectivity index (χ1n) is 15.0. The first-order chi connectivity index (χ1) is 24.1. The second kappa shape index (κ2) is 12.4. The molecular weight excluding hydrogens is 640 g/mol. The third-order valence-corrected chi connectivity index (χ3v) is 8.42. The van der Waals surface area contributed by atoms with Crippen molar-refractivity contribution < 1.29 is 39.6 Å². The van der Waals surface area contributed by atoms with Crippen molar-refractivity contribution in [1.29, 1.82) is 0 Å². The van der Waals surface area contributed by atoms with Crippen molar-refractivity contribution in [1.82, 2.24) is 19.9 Å². The van der Waals surface area contributed by atoms with Gasteiger partial charge in [0.15, 0.2) is 0 Å². The Labute approximate surface area is 280 Å². The van der Waals surface area contributed by atoms with Gasteiger partial charge < -0.3 is 30.4 Å². The molecule has 2 aromatic heterocycles. The fraction of sp³-hybridized carbons (Fsp3) is 0. The van der Waals surface area contributed by atoms with E-state index in [4.69, 9.17) is 0 Å². The average Bonchev–Trinajstić information content (AvgIpc) is 3.80. The zero-order valence-electron chi connectivity index (χ0n) is 25.7. The molecule has 0 unspecified atom stereocenters. The predicted molar refractivity (Wildman–Crippen MR) is 188 cm³/mol. The van der Waals surface area contributed by atoms with E-state index in [1.165, 1.54) is 30.3 Å². The number of carboxylic acid groups (broad SMARTS) is 4. The molecule has 0 fully saturated rings. The van der Waals surface area contributed by atoms with Gasteiger partial charge in [0, 0.05) is 5.39 Å². The van der Waals surface area contributed by atoms with E-state index >= 15 is 0 Å². The van der Waals surface area contributed by atoms with Gasteiger partial charge in [-0.2, -0.15) is 0 Å². The van der Waals surface area contributed by atoms with Gasteiger partial charge in [0.2, 0.25) is 0 Å². The molecule has 0 saturated heterocycles. The minimum atomic E-state index is -1.47. The molecule has 0 bridgehead atoms. The van der Waals surface area contributed by atoms with Crippen LogP contribution in [0.4, 0.5) is 0 Å². The molecule has 0 aliphatic rings. The van der Waals surface area contributed by atoms with Crippen LogP contribution in [0.2, 0.25) is 0 Å². The van der Waals surface area contributed by atoms with Crippen molar-refractivity contribution in [2.24, 2.45) is 0 Å². The Hall–Kier alpha value is -7.34. The lowest BCUT2D eigenvalue weighted by molar-refractivity contribution is 0.0653. The normalized spacial score (nSPS) is 11.0. The number of nitrogens with one attached hydrogen (secondary N) is 2. The van der Waals surface area contributed by atoms with Crippen LogP contribution in [0.25, 0.3) is 65.2 Å². The third kappa shape index (κ3) is 5.32. The SMILES string of the molecule is O=C(O)c1cc2cccc3c4c(C(=O)O)ccc5c(C(=O)O)c(C(=O)O)cc(c(c1)c23)c54.c1ccc2[nH]cnc2c1.c1ccc2[nH]cnc2c1. The Morgan fingerprint density at radius 2 is 1.08 bits per heavy atom. The molecule has 9 aromatic rings. The number of fused-ring (bicyclic) bond motifs is 4. The summed E-state index contributed by atoms with van der Waals surface area (Å²) >= 11 is 0. The molecule has 0 atom stereocenters. The van der Waals surface area contributed by atoms with Crippen LogP contribution in [0.3, 0.4) is 0 Å². The highest BCUT2D eigenvalue weighted by atomic mass is 16.4. The molecule has 50 heavy (non-hydrogen) atoms. The highest BCUT2D eigenvalue weighted by Crippen LogP contribution is 2.44. The molecule has 12 heteroatoms. The van der Waals surface area contributed by atoms with E-state index in [-0.39, 0.29) is 32.7 Å². The number of aromatic carboxylic acids is 4. The number of H-pyrrole nitrogens is 2. The molecular formula is C38H24N4O8. The molecule has 12 nitrogen and oxygen atoms in total. The van der Waals surface area contributed by atoms with E-state index in [0.717, 1.165) is 22.1 Å². The van der Waals surface area contributed by atoms with Gasteiger partial charge in [0.05, 0.1) is 57.0 Å². The van der Waals surface area contributed by atoms with Crippen LogP contribution < -0.4 is 0 Å². The van der Waals surface area contributed by atoms with Gasteiger partial charge >= 0.3 is 23.9 Å². The minimum absolute atomic E-state index is 0.0326. The van der Waals surface area contributed by atoms with E-state index in [2.05, 4.69) is 19.9 Å². The number of hydrogen-bond donors (Lipinski definition) is 6. The predicted octanol–water partition coefficient (Wildman–Crippen LogP) is 7.66. The first-order valence-corrected chi connectivity index (χ1v) is 15.0. The maximum Gasteiger partial charge on any atom is 0.337 e. The van der Waals surface area contributed by atoms with Gasteiger partial charge in [-0.1, -0.05) is 48.5 Å². The molecule has 0 spiro atoms. The third-order valence-electron chi connectivity index (χ3n) is 8.42. The minimum Gasteiger partial charge on any atom is -0.478 e. The van der Waals surface area contributed by atoms with Gasteiger partial charge in [-0.3, -0.25) is 0 Å². The van der Waals surface area contributed by atoms with Gasteiger partial charge in [-0.15, -0.1) is 0 Å². The number of para-hydroxylation sites is 4. The smallest absolute Gasteiger partial charge is 0.337 e.